The molecule has 1 aliphatic rings. The number of benzene rings is 1. The van der Waals surface area contributed by atoms with Crippen molar-refractivity contribution in [1.29, 1.82) is 0 Å². The van der Waals surface area contributed by atoms with Crippen molar-refractivity contribution in [2.45, 2.75) is 103 Å². The van der Waals surface area contributed by atoms with Crippen LogP contribution in [0.2, 0.25) is 0 Å². The highest BCUT2D eigenvalue weighted by molar-refractivity contribution is 5.92. The summed E-state index contributed by atoms with van der Waals surface area (Å²) < 4.78 is 0. The minimum Gasteiger partial charge on any atom is -0.480 e. The number of aryl methyl sites for hydroxylation is 1. The van der Waals surface area contributed by atoms with E-state index in [1.807, 2.05) is 36.4 Å². The summed E-state index contributed by atoms with van der Waals surface area (Å²) in [7, 11) is 0. The van der Waals surface area contributed by atoms with E-state index >= 15 is 0 Å². The predicted octanol–water partition coefficient (Wildman–Crippen LogP) is 3.35. The molecule has 1 fully saturated rings. The largest absolute Gasteiger partial charge is 0.480 e. The van der Waals surface area contributed by atoms with Crippen LogP contribution in [-0.2, 0) is 25.6 Å². The standard InChI is InChI=1S/C33H47N5O6/c1-6-25-15-14-24-13-12-23(20-27(24)35-25)10-7-8-17-33(5,44)18-16-28(39)36-29(21(2)3)30(40)34-22(4)31(41)38-19-9-11-26(37-38)32(42)43/h7,10,12-15,20-22,26,29,37,44H,6,8-9,11,16-19H2,1-5H3,(H,34,40)(H,36,39)(H,42,43)/b10-7+/t22-,26-,29-,33-/m0/s1. The van der Waals surface area contributed by atoms with E-state index in [4.69, 9.17) is 0 Å². The molecule has 11 heteroatoms. The van der Waals surface area contributed by atoms with Crippen LogP contribution in [0, 0.1) is 5.92 Å². The summed E-state index contributed by atoms with van der Waals surface area (Å²) in [4.78, 5) is 54.6. The quantitative estimate of drug-likeness (QED) is 0.218. The van der Waals surface area contributed by atoms with Crippen molar-refractivity contribution in [1.82, 2.24) is 26.1 Å². The lowest BCUT2D eigenvalue weighted by Gasteiger charge is -2.34. The Labute approximate surface area is 259 Å². The van der Waals surface area contributed by atoms with Crippen LogP contribution in [0.15, 0.2) is 36.4 Å². The number of rotatable bonds is 14. The number of fused-ring (bicyclic) bond motifs is 1. The molecule has 1 aromatic carbocycles. The lowest BCUT2D eigenvalue weighted by atomic mass is 9.93. The number of carboxylic acid groups (broad SMARTS) is 1. The maximum absolute atomic E-state index is 13.0. The molecule has 1 aromatic heterocycles. The van der Waals surface area contributed by atoms with Gasteiger partial charge in [-0.25, -0.2) is 5.43 Å². The molecule has 2 heterocycles. The van der Waals surface area contributed by atoms with Gasteiger partial charge in [0.2, 0.25) is 11.8 Å². The van der Waals surface area contributed by atoms with Crippen molar-refractivity contribution in [3.8, 4) is 0 Å². The van der Waals surface area contributed by atoms with E-state index in [9.17, 15) is 29.4 Å². The first-order valence-electron chi connectivity index (χ1n) is 15.5. The first-order chi connectivity index (χ1) is 20.8. The molecule has 0 bridgehead atoms. The number of aromatic nitrogens is 1. The average molecular weight is 610 g/mol. The van der Waals surface area contributed by atoms with Crippen molar-refractivity contribution in [2.24, 2.45) is 5.92 Å². The van der Waals surface area contributed by atoms with E-state index in [0.717, 1.165) is 28.6 Å². The molecule has 0 saturated carbocycles. The molecule has 2 aromatic rings. The molecular weight excluding hydrogens is 562 g/mol. The average Bonchev–Trinajstić information content (AvgIpc) is 2.99. The Morgan fingerprint density at radius 2 is 1.86 bits per heavy atom. The fourth-order valence-electron chi connectivity index (χ4n) is 5.10. The van der Waals surface area contributed by atoms with E-state index in [-0.39, 0.29) is 24.7 Å². The Morgan fingerprint density at radius 1 is 1.14 bits per heavy atom. The molecule has 1 saturated heterocycles. The number of hydrogen-bond acceptors (Lipinski definition) is 7. The molecular formula is C33H47N5O6. The van der Waals surface area contributed by atoms with Gasteiger partial charge in [0, 0.05) is 24.0 Å². The van der Waals surface area contributed by atoms with Gasteiger partial charge in [-0.1, -0.05) is 51.1 Å². The summed E-state index contributed by atoms with van der Waals surface area (Å²) in [6.45, 7) is 9.21. The van der Waals surface area contributed by atoms with E-state index in [1.54, 1.807) is 20.8 Å². The predicted molar refractivity (Wildman–Crippen MR) is 169 cm³/mol. The zero-order valence-corrected chi connectivity index (χ0v) is 26.4. The number of aliphatic hydroxyl groups is 1. The van der Waals surface area contributed by atoms with Crippen LogP contribution in [0.5, 0.6) is 0 Å². The summed E-state index contributed by atoms with van der Waals surface area (Å²) in [5.41, 5.74) is 4.65. The fourth-order valence-corrected chi connectivity index (χ4v) is 5.10. The second-order valence-electron chi connectivity index (χ2n) is 12.2. The molecule has 240 valence electrons. The van der Waals surface area contributed by atoms with E-state index < -0.39 is 41.5 Å². The SMILES string of the molecule is CCc1ccc2ccc(/C=C/CC[C@](C)(O)CCC(=O)N[C@H](C(=O)N[C@@H](C)C(=O)N3CCC[C@@H](C(=O)O)N3)C(C)C)cc2n1. The molecule has 4 atom stereocenters. The van der Waals surface area contributed by atoms with Gasteiger partial charge < -0.3 is 20.8 Å². The number of hydrogen-bond donors (Lipinski definition) is 5. The maximum atomic E-state index is 13.0. The Hall–Kier alpha value is -3.83. The highest BCUT2D eigenvalue weighted by Gasteiger charge is 2.32. The number of nitrogens with zero attached hydrogens (tertiary/aromatic N) is 2. The van der Waals surface area contributed by atoms with E-state index in [2.05, 4.69) is 34.0 Å². The highest BCUT2D eigenvalue weighted by atomic mass is 16.4. The van der Waals surface area contributed by atoms with Gasteiger partial charge >= 0.3 is 5.97 Å². The van der Waals surface area contributed by atoms with Gasteiger partial charge in [-0.2, -0.15) is 0 Å². The number of aliphatic carboxylic acids is 1. The Kier molecular flexibility index (Phi) is 12.4. The topological polar surface area (TPSA) is 161 Å². The summed E-state index contributed by atoms with van der Waals surface area (Å²) in [5.74, 6) is -2.62. The lowest BCUT2D eigenvalue weighted by Crippen LogP contribution is -2.60. The minimum absolute atomic E-state index is 0.0338. The third kappa shape index (κ3) is 10.1. The minimum atomic E-state index is -1.07. The van der Waals surface area contributed by atoms with Gasteiger partial charge in [0.05, 0.1) is 11.1 Å². The zero-order valence-electron chi connectivity index (χ0n) is 26.4. The van der Waals surface area contributed by atoms with Crippen LogP contribution >= 0.6 is 0 Å². The molecule has 0 aliphatic carbocycles. The number of pyridine rings is 1. The second-order valence-corrected chi connectivity index (χ2v) is 12.2. The fraction of sp³-hybridized carbons (Fsp3) is 0.545. The molecule has 3 rings (SSSR count). The summed E-state index contributed by atoms with van der Waals surface area (Å²) >= 11 is 0. The smallest absolute Gasteiger partial charge is 0.322 e. The Bertz CT molecular complexity index is 1360. The normalized spacial score (nSPS) is 18.2. The van der Waals surface area contributed by atoms with Gasteiger partial charge in [-0.15, -0.1) is 0 Å². The molecule has 44 heavy (non-hydrogen) atoms. The van der Waals surface area contributed by atoms with Crippen molar-refractivity contribution in [3.63, 3.8) is 0 Å². The molecule has 0 spiro atoms. The van der Waals surface area contributed by atoms with Gasteiger partial charge in [0.1, 0.15) is 18.1 Å². The molecule has 3 amide bonds. The number of carbonyl (C=O) groups is 4. The van der Waals surface area contributed by atoms with Crippen LogP contribution in [0.1, 0.15) is 84.4 Å². The van der Waals surface area contributed by atoms with Gasteiger partial charge in [0.15, 0.2) is 0 Å². The zero-order chi connectivity index (χ0) is 32.4. The van der Waals surface area contributed by atoms with E-state index in [1.165, 1.54) is 11.9 Å². The molecule has 0 radical (unpaired) electrons. The van der Waals surface area contributed by atoms with Crippen LogP contribution in [0.3, 0.4) is 0 Å². The lowest BCUT2D eigenvalue weighted by molar-refractivity contribution is -0.148. The summed E-state index contributed by atoms with van der Waals surface area (Å²) in [5, 5.41) is 27.8. The summed E-state index contributed by atoms with van der Waals surface area (Å²) in [6, 6.07) is 7.58. The number of nitrogens with one attached hydrogen (secondary N) is 3. The molecule has 5 N–H and O–H groups in total. The number of carboxylic acids is 1. The van der Waals surface area contributed by atoms with E-state index in [0.29, 0.717) is 32.2 Å². The maximum Gasteiger partial charge on any atom is 0.322 e. The Balaban J connectivity index is 1.46. The van der Waals surface area contributed by atoms with Crippen molar-refractivity contribution in [3.05, 3.63) is 47.7 Å². The van der Waals surface area contributed by atoms with Gasteiger partial charge in [0.25, 0.3) is 5.91 Å². The van der Waals surface area contributed by atoms with Crippen molar-refractivity contribution >= 4 is 40.7 Å². The van der Waals surface area contributed by atoms with Gasteiger partial charge in [-0.05, 0) is 76.0 Å². The van der Waals surface area contributed by atoms with Crippen LogP contribution < -0.4 is 16.1 Å². The third-order valence-corrected chi connectivity index (χ3v) is 7.93. The second kappa shape index (κ2) is 15.8. The first kappa shape index (κ1) is 34.7. The van der Waals surface area contributed by atoms with Crippen LogP contribution in [0.25, 0.3) is 17.0 Å². The van der Waals surface area contributed by atoms with Crippen LogP contribution in [0.4, 0.5) is 0 Å². The first-order valence-corrected chi connectivity index (χ1v) is 15.5. The number of allylic oxidation sites excluding steroid dienone is 1. The highest BCUT2D eigenvalue weighted by Crippen LogP contribution is 2.21. The number of hydrazine groups is 1. The monoisotopic (exact) mass is 609 g/mol. The van der Waals surface area contributed by atoms with Crippen LogP contribution in [-0.4, -0.2) is 74.2 Å². The molecule has 1 aliphatic heterocycles. The molecule has 11 nitrogen and oxygen atoms in total. The number of amides is 3. The molecule has 0 unspecified atom stereocenters. The van der Waals surface area contributed by atoms with Gasteiger partial charge in [-0.3, -0.25) is 29.2 Å². The summed E-state index contributed by atoms with van der Waals surface area (Å²) in [6.07, 6.45) is 7.17. The van der Waals surface area contributed by atoms with Crippen molar-refractivity contribution < 1.29 is 29.4 Å². The Morgan fingerprint density at radius 3 is 2.55 bits per heavy atom. The van der Waals surface area contributed by atoms with Crippen molar-refractivity contribution in [2.75, 3.05) is 6.54 Å². The third-order valence-electron chi connectivity index (χ3n) is 7.93. The number of carbonyl (C=O) groups excluding carboxylic acids is 3.